The topological polar surface area (TPSA) is 110 Å². The molecule has 1 fully saturated rings. The second kappa shape index (κ2) is 9.66. The van der Waals surface area contributed by atoms with Crippen LogP contribution < -0.4 is 15.4 Å². The number of likely N-dealkylation sites (N-methyl/N-ethyl adjacent to an activating group) is 1. The van der Waals surface area contributed by atoms with Gasteiger partial charge < -0.3 is 25.0 Å². The third-order valence-electron chi connectivity index (χ3n) is 5.72. The number of nitrogens with zero attached hydrogens (tertiary/aromatic N) is 2. The van der Waals surface area contributed by atoms with Crippen LogP contribution in [0.2, 0.25) is 0 Å². The van der Waals surface area contributed by atoms with Crippen molar-refractivity contribution in [1.82, 2.24) is 15.2 Å². The highest BCUT2D eigenvalue weighted by molar-refractivity contribution is 7.07. The number of thiazole rings is 1. The van der Waals surface area contributed by atoms with Crippen LogP contribution in [0.4, 0.5) is 5.69 Å². The summed E-state index contributed by atoms with van der Waals surface area (Å²) in [6.45, 7) is 2.73. The molecule has 10 heteroatoms. The molecule has 1 aromatic carbocycles. The van der Waals surface area contributed by atoms with Gasteiger partial charge in [-0.15, -0.1) is 11.3 Å². The Hall–Kier alpha value is -2.98. The summed E-state index contributed by atoms with van der Waals surface area (Å²) in [5.74, 6) is -0.144. The number of ether oxygens (including phenoxy) is 2. The summed E-state index contributed by atoms with van der Waals surface area (Å²) < 4.78 is 12.1. The average molecular weight is 459 g/mol. The zero-order chi connectivity index (χ0) is 22.7. The Morgan fingerprint density at radius 1 is 1.31 bits per heavy atom. The van der Waals surface area contributed by atoms with Gasteiger partial charge in [0, 0.05) is 24.7 Å². The fourth-order valence-corrected chi connectivity index (χ4v) is 4.63. The number of nitrogens with one attached hydrogen (secondary N) is 2. The summed E-state index contributed by atoms with van der Waals surface area (Å²) in [4.78, 5) is 43.2. The molecule has 3 atom stereocenters. The van der Waals surface area contributed by atoms with Gasteiger partial charge in [-0.2, -0.15) is 0 Å². The lowest BCUT2D eigenvalue weighted by Crippen LogP contribution is -2.54. The Kier molecular flexibility index (Phi) is 6.71. The lowest BCUT2D eigenvalue weighted by molar-refractivity contribution is -0.133. The highest BCUT2D eigenvalue weighted by atomic mass is 32.1. The molecule has 0 spiro atoms. The molecular formula is C22H26N4O5S. The van der Waals surface area contributed by atoms with Crippen molar-refractivity contribution in [1.29, 1.82) is 0 Å². The van der Waals surface area contributed by atoms with Crippen molar-refractivity contribution in [2.75, 3.05) is 25.5 Å². The van der Waals surface area contributed by atoms with Gasteiger partial charge >= 0.3 is 0 Å². The van der Waals surface area contributed by atoms with E-state index in [4.69, 9.17) is 9.47 Å². The number of fused-ring (bicyclic) bond motifs is 2. The smallest absolute Gasteiger partial charge is 0.275 e. The zero-order valence-electron chi connectivity index (χ0n) is 18.0. The highest BCUT2D eigenvalue weighted by Crippen LogP contribution is 2.32. The van der Waals surface area contributed by atoms with E-state index in [2.05, 4.69) is 15.6 Å². The van der Waals surface area contributed by atoms with Gasteiger partial charge in [0.1, 0.15) is 24.2 Å². The number of carbonyl (C=O) groups is 3. The van der Waals surface area contributed by atoms with Crippen LogP contribution in [0, 0.1) is 0 Å². The van der Waals surface area contributed by atoms with Gasteiger partial charge in [0.25, 0.3) is 11.8 Å². The summed E-state index contributed by atoms with van der Waals surface area (Å²) in [5.41, 5.74) is 2.79. The van der Waals surface area contributed by atoms with E-state index >= 15 is 0 Å². The molecule has 0 bridgehead atoms. The Labute approximate surface area is 190 Å². The van der Waals surface area contributed by atoms with Crippen molar-refractivity contribution in [2.45, 2.75) is 44.4 Å². The van der Waals surface area contributed by atoms with Crippen molar-refractivity contribution in [3.63, 3.8) is 0 Å². The number of amides is 3. The quantitative estimate of drug-likeness (QED) is 0.712. The monoisotopic (exact) mass is 458 g/mol. The number of carbonyl (C=O) groups excluding carboxylic acids is 3. The Bertz CT molecular complexity index is 996. The molecule has 32 heavy (non-hydrogen) atoms. The lowest BCUT2D eigenvalue weighted by atomic mass is 9.94. The summed E-state index contributed by atoms with van der Waals surface area (Å²) in [6.07, 6.45) is 1.18. The summed E-state index contributed by atoms with van der Waals surface area (Å²) >= 11 is 1.34. The third kappa shape index (κ3) is 4.76. The van der Waals surface area contributed by atoms with E-state index in [1.165, 1.54) is 11.3 Å². The summed E-state index contributed by atoms with van der Waals surface area (Å²) in [7, 11) is 1.75. The number of aromatic nitrogens is 1. The maximum atomic E-state index is 13.3. The van der Waals surface area contributed by atoms with E-state index in [0.717, 1.165) is 6.42 Å². The molecule has 2 N–H and O–H groups in total. The Morgan fingerprint density at radius 2 is 2.16 bits per heavy atom. The molecule has 170 valence electrons. The number of hydrogen-bond donors (Lipinski definition) is 2. The van der Waals surface area contributed by atoms with E-state index in [1.807, 2.05) is 6.92 Å². The number of anilines is 1. The summed E-state index contributed by atoms with van der Waals surface area (Å²) in [5, 5.41) is 7.23. The predicted molar refractivity (Wildman–Crippen MR) is 119 cm³/mol. The third-order valence-corrected chi connectivity index (χ3v) is 6.31. The van der Waals surface area contributed by atoms with Crippen LogP contribution in [0.15, 0.2) is 29.1 Å². The van der Waals surface area contributed by atoms with E-state index in [9.17, 15) is 14.4 Å². The van der Waals surface area contributed by atoms with Crippen molar-refractivity contribution in [3.8, 4) is 5.75 Å². The van der Waals surface area contributed by atoms with Crippen molar-refractivity contribution >= 4 is 34.7 Å². The first-order chi connectivity index (χ1) is 15.5. The molecule has 0 aliphatic carbocycles. The van der Waals surface area contributed by atoms with Gasteiger partial charge in [0.05, 0.1) is 29.6 Å². The minimum absolute atomic E-state index is 0.0373. The van der Waals surface area contributed by atoms with E-state index in [-0.39, 0.29) is 42.6 Å². The molecule has 0 saturated carbocycles. The normalized spacial score (nSPS) is 22.6. The Morgan fingerprint density at radius 3 is 2.91 bits per heavy atom. The first-order valence-corrected chi connectivity index (χ1v) is 11.6. The fraction of sp³-hybridized carbons (Fsp3) is 0.455. The highest BCUT2D eigenvalue weighted by Gasteiger charge is 2.39. The van der Waals surface area contributed by atoms with Crippen LogP contribution in [0.25, 0.3) is 0 Å². The Balaban J connectivity index is 1.49. The molecule has 0 radical (unpaired) electrons. The predicted octanol–water partition coefficient (Wildman–Crippen LogP) is 2.30. The molecule has 1 saturated heterocycles. The maximum absolute atomic E-state index is 13.3. The molecule has 3 amide bonds. The molecule has 4 rings (SSSR count). The summed E-state index contributed by atoms with van der Waals surface area (Å²) in [6, 6.07) is 4.83. The van der Waals surface area contributed by atoms with Crippen LogP contribution in [0.1, 0.15) is 47.0 Å². The molecule has 2 aliphatic heterocycles. The number of hydrogen-bond acceptors (Lipinski definition) is 7. The minimum atomic E-state index is -0.335. The second-order valence-corrected chi connectivity index (χ2v) is 8.58. The van der Waals surface area contributed by atoms with Crippen molar-refractivity contribution < 1.29 is 23.9 Å². The molecule has 2 aliphatic rings. The van der Waals surface area contributed by atoms with Crippen LogP contribution in [-0.2, 0) is 9.53 Å². The van der Waals surface area contributed by atoms with E-state index < -0.39 is 0 Å². The van der Waals surface area contributed by atoms with Gasteiger partial charge in [-0.25, -0.2) is 4.98 Å². The van der Waals surface area contributed by atoms with Crippen LogP contribution in [0.3, 0.4) is 0 Å². The molecule has 9 nitrogen and oxygen atoms in total. The zero-order valence-corrected chi connectivity index (χ0v) is 18.8. The van der Waals surface area contributed by atoms with Gasteiger partial charge in [-0.05, 0) is 38.0 Å². The van der Waals surface area contributed by atoms with Crippen LogP contribution in [0.5, 0.6) is 5.75 Å². The van der Waals surface area contributed by atoms with Gasteiger partial charge in [0.2, 0.25) is 5.91 Å². The average Bonchev–Trinajstić information content (AvgIpc) is 3.32. The molecule has 2 aromatic rings. The van der Waals surface area contributed by atoms with Crippen molar-refractivity contribution in [2.24, 2.45) is 0 Å². The minimum Gasteiger partial charge on any atom is -0.490 e. The van der Waals surface area contributed by atoms with Gasteiger partial charge in [0.15, 0.2) is 0 Å². The molecule has 1 aromatic heterocycles. The lowest BCUT2D eigenvalue weighted by Gasteiger charge is -2.42. The fourth-order valence-electron chi connectivity index (χ4n) is 4.10. The first kappa shape index (κ1) is 22.2. The molecule has 3 heterocycles. The van der Waals surface area contributed by atoms with Gasteiger partial charge in [-0.3, -0.25) is 14.4 Å². The number of benzene rings is 1. The van der Waals surface area contributed by atoms with Crippen molar-refractivity contribution in [3.05, 3.63) is 40.3 Å². The molecule has 0 unspecified atom stereocenters. The number of rotatable bonds is 5. The second-order valence-electron chi connectivity index (χ2n) is 7.86. The van der Waals surface area contributed by atoms with Crippen LogP contribution >= 0.6 is 11.3 Å². The van der Waals surface area contributed by atoms with Crippen LogP contribution in [-0.4, -0.2) is 66.1 Å². The largest absolute Gasteiger partial charge is 0.490 e. The first-order valence-electron chi connectivity index (χ1n) is 10.6. The molecular weight excluding hydrogens is 432 g/mol. The van der Waals surface area contributed by atoms with E-state index in [0.29, 0.717) is 42.1 Å². The standard InChI is InChI=1S/C22H26N4O5S/c1-3-23-20(27)9-14-5-6-17-19(31-14)10-30-18-7-4-13(8-15(18)22(29)26(17)2)25-21(28)16-11-32-12-24-16/h4,7-8,11-12,14,17,19H,3,5-6,9-10H2,1-2H3,(H,23,27)(H,25,28)/t14-,17-,19-/m0/s1. The van der Waals surface area contributed by atoms with E-state index in [1.54, 1.807) is 41.0 Å². The maximum Gasteiger partial charge on any atom is 0.275 e. The van der Waals surface area contributed by atoms with Gasteiger partial charge in [-0.1, -0.05) is 0 Å². The SMILES string of the molecule is CCNC(=O)C[C@@H]1CC[C@H]2[C@H](COc3ccc(NC(=O)c4cscn4)cc3C(=O)N2C)O1.